The molecule has 2 aromatic rings. The fraction of sp³-hybridized carbons (Fsp3) is 0.500. The lowest BCUT2D eigenvalue weighted by Crippen LogP contribution is -2.53. The first-order valence-corrected chi connectivity index (χ1v) is 14.6. The van der Waals surface area contributed by atoms with Crippen molar-refractivity contribution >= 4 is 27.5 Å². The summed E-state index contributed by atoms with van der Waals surface area (Å²) in [5.41, 5.74) is 2.20. The quantitative estimate of drug-likeness (QED) is 0.509. The van der Waals surface area contributed by atoms with Gasteiger partial charge >= 0.3 is 0 Å². The van der Waals surface area contributed by atoms with Crippen LogP contribution in [0.3, 0.4) is 0 Å². The zero-order chi connectivity index (χ0) is 26.3. The van der Waals surface area contributed by atoms with E-state index < -0.39 is 22.0 Å². The number of hydrogen-bond donors (Lipinski definition) is 1. The number of sulfonamides is 1. The predicted molar refractivity (Wildman–Crippen MR) is 144 cm³/mol. The molecular weight excluding hydrogens is 474 g/mol. The lowest BCUT2D eigenvalue weighted by Gasteiger charge is -2.33. The van der Waals surface area contributed by atoms with Crippen LogP contribution in [0.5, 0.6) is 0 Å². The Hall–Kier alpha value is -2.87. The molecule has 196 valence electrons. The molecule has 0 bridgehead atoms. The van der Waals surface area contributed by atoms with Crippen LogP contribution in [0.4, 0.5) is 5.69 Å². The predicted octanol–water partition coefficient (Wildman–Crippen LogP) is 4.44. The average molecular weight is 514 g/mol. The summed E-state index contributed by atoms with van der Waals surface area (Å²) in [6.45, 7) is 5.52. The Bertz CT molecular complexity index is 1130. The molecule has 0 saturated heterocycles. The summed E-state index contributed by atoms with van der Waals surface area (Å²) in [5, 5.41) is 3.11. The van der Waals surface area contributed by atoms with Crippen molar-refractivity contribution in [1.82, 2.24) is 10.2 Å². The second-order valence-electron chi connectivity index (χ2n) is 10.0. The van der Waals surface area contributed by atoms with Crippen LogP contribution >= 0.6 is 0 Å². The maximum absolute atomic E-state index is 13.7. The van der Waals surface area contributed by atoms with Crippen LogP contribution in [0.1, 0.15) is 69.9 Å². The number of carbonyl (C=O) groups excluding carboxylic acids is 2. The normalized spacial score (nSPS) is 15.4. The standard InChI is InChI=1S/C28H39N3O4S/c1-21(2)25-17-11-12-18-26(25)31(36(4,34)35)20-27(32)30(19-23-13-7-5-8-14-23)22(3)28(33)29-24-15-9-6-10-16-24/h5,7-8,11-14,17-18,21-22,24H,6,9-10,15-16,19-20H2,1-4H3,(H,29,33)/t22-/m0/s1. The van der Waals surface area contributed by atoms with E-state index in [1.165, 1.54) is 11.3 Å². The maximum atomic E-state index is 13.7. The smallest absolute Gasteiger partial charge is 0.244 e. The van der Waals surface area contributed by atoms with E-state index >= 15 is 0 Å². The van der Waals surface area contributed by atoms with Gasteiger partial charge in [-0.3, -0.25) is 13.9 Å². The SMILES string of the molecule is CC(C)c1ccccc1N(CC(=O)N(Cc1ccccc1)[C@@H](C)C(=O)NC1CCCCC1)S(C)(=O)=O. The molecule has 7 nitrogen and oxygen atoms in total. The molecule has 0 spiro atoms. The zero-order valence-corrected chi connectivity index (χ0v) is 22.6. The minimum atomic E-state index is -3.76. The van der Waals surface area contributed by atoms with Gasteiger partial charge in [0.2, 0.25) is 21.8 Å². The van der Waals surface area contributed by atoms with Gasteiger partial charge in [-0.25, -0.2) is 8.42 Å². The minimum absolute atomic E-state index is 0.0705. The Morgan fingerprint density at radius 1 is 0.944 bits per heavy atom. The van der Waals surface area contributed by atoms with Gasteiger partial charge in [-0.05, 0) is 42.9 Å². The number of amides is 2. The van der Waals surface area contributed by atoms with E-state index in [1.807, 2.05) is 56.3 Å². The molecule has 1 atom stereocenters. The van der Waals surface area contributed by atoms with Crippen LogP contribution in [0.15, 0.2) is 54.6 Å². The van der Waals surface area contributed by atoms with Gasteiger partial charge in [0, 0.05) is 12.6 Å². The highest BCUT2D eigenvalue weighted by Gasteiger charge is 2.32. The highest BCUT2D eigenvalue weighted by molar-refractivity contribution is 7.92. The van der Waals surface area contributed by atoms with Crippen LogP contribution in [-0.2, 0) is 26.2 Å². The van der Waals surface area contributed by atoms with Crippen LogP contribution in [0, 0.1) is 0 Å². The lowest BCUT2D eigenvalue weighted by atomic mass is 9.95. The number of nitrogens with zero attached hydrogens (tertiary/aromatic N) is 2. The van der Waals surface area contributed by atoms with Crippen molar-refractivity contribution in [2.75, 3.05) is 17.1 Å². The zero-order valence-electron chi connectivity index (χ0n) is 21.8. The largest absolute Gasteiger partial charge is 0.352 e. The Kier molecular flexibility index (Phi) is 9.54. The van der Waals surface area contributed by atoms with Crippen LogP contribution in [-0.4, -0.2) is 50.0 Å². The monoisotopic (exact) mass is 513 g/mol. The molecule has 0 aliphatic heterocycles. The molecule has 1 N–H and O–H groups in total. The van der Waals surface area contributed by atoms with Crippen molar-refractivity contribution in [1.29, 1.82) is 0 Å². The first kappa shape index (κ1) is 27.7. The number of anilines is 1. The van der Waals surface area contributed by atoms with Gasteiger partial charge in [-0.1, -0.05) is 81.6 Å². The van der Waals surface area contributed by atoms with E-state index in [9.17, 15) is 18.0 Å². The first-order valence-electron chi connectivity index (χ1n) is 12.8. The van der Waals surface area contributed by atoms with Crippen molar-refractivity contribution in [3.05, 3.63) is 65.7 Å². The van der Waals surface area contributed by atoms with Gasteiger partial charge in [0.1, 0.15) is 12.6 Å². The Labute approximate surface area is 215 Å². The number of rotatable bonds is 10. The molecule has 0 aromatic heterocycles. The third-order valence-electron chi connectivity index (χ3n) is 6.82. The van der Waals surface area contributed by atoms with Crippen LogP contribution < -0.4 is 9.62 Å². The summed E-state index contributed by atoms with van der Waals surface area (Å²) >= 11 is 0. The summed E-state index contributed by atoms with van der Waals surface area (Å²) in [5.74, 6) is -0.560. The summed E-state index contributed by atoms with van der Waals surface area (Å²) in [7, 11) is -3.76. The summed E-state index contributed by atoms with van der Waals surface area (Å²) in [6.07, 6.45) is 6.35. The van der Waals surface area contributed by atoms with Gasteiger partial charge in [-0.15, -0.1) is 0 Å². The number of carbonyl (C=O) groups is 2. The van der Waals surface area contributed by atoms with E-state index in [4.69, 9.17) is 0 Å². The lowest BCUT2D eigenvalue weighted by molar-refractivity contribution is -0.139. The number of benzene rings is 2. The highest BCUT2D eigenvalue weighted by atomic mass is 32.2. The molecule has 8 heteroatoms. The third-order valence-corrected chi connectivity index (χ3v) is 7.95. The van der Waals surface area contributed by atoms with Crippen molar-refractivity contribution < 1.29 is 18.0 Å². The van der Waals surface area contributed by atoms with Crippen molar-refractivity contribution in [3.63, 3.8) is 0 Å². The second kappa shape index (κ2) is 12.4. The fourth-order valence-corrected chi connectivity index (χ4v) is 5.60. The van der Waals surface area contributed by atoms with Crippen LogP contribution in [0.25, 0.3) is 0 Å². The van der Waals surface area contributed by atoms with Gasteiger partial charge in [0.15, 0.2) is 0 Å². The van der Waals surface area contributed by atoms with E-state index in [-0.39, 0.29) is 31.0 Å². The molecule has 1 aliphatic carbocycles. The number of hydrogen-bond acceptors (Lipinski definition) is 4. The van der Waals surface area contributed by atoms with Gasteiger partial charge in [-0.2, -0.15) is 0 Å². The molecule has 0 radical (unpaired) electrons. The van der Waals surface area contributed by atoms with E-state index in [0.29, 0.717) is 5.69 Å². The maximum Gasteiger partial charge on any atom is 0.244 e. The molecule has 36 heavy (non-hydrogen) atoms. The summed E-state index contributed by atoms with van der Waals surface area (Å²) < 4.78 is 26.9. The molecule has 2 aromatic carbocycles. The van der Waals surface area contributed by atoms with Gasteiger partial charge in [0.25, 0.3) is 0 Å². The number of nitrogens with one attached hydrogen (secondary N) is 1. The Balaban J connectivity index is 1.89. The molecular formula is C28H39N3O4S. The van der Waals surface area contributed by atoms with E-state index in [2.05, 4.69) is 5.32 Å². The van der Waals surface area contributed by atoms with E-state index in [0.717, 1.165) is 47.4 Å². The Morgan fingerprint density at radius 3 is 2.17 bits per heavy atom. The van der Waals surface area contributed by atoms with Crippen molar-refractivity contribution in [2.24, 2.45) is 0 Å². The molecule has 1 saturated carbocycles. The third kappa shape index (κ3) is 7.32. The number of para-hydroxylation sites is 1. The molecule has 0 heterocycles. The molecule has 3 rings (SSSR count). The topological polar surface area (TPSA) is 86.8 Å². The molecule has 1 fully saturated rings. The fourth-order valence-electron chi connectivity index (χ4n) is 4.73. The Morgan fingerprint density at radius 2 is 1.56 bits per heavy atom. The second-order valence-corrected chi connectivity index (χ2v) is 11.9. The first-order chi connectivity index (χ1) is 17.1. The van der Waals surface area contributed by atoms with E-state index in [1.54, 1.807) is 19.1 Å². The van der Waals surface area contributed by atoms with Gasteiger partial charge < -0.3 is 10.2 Å². The minimum Gasteiger partial charge on any atom is -0.352 e. The van der Waals surface area contributed by atoms with Crippen molar-refractivity contribution in [2.45, 2.75) is 77.4 Å². The van der Waals surface area contributed by atoms with Crippen LogP contribution in [0.2, 0.25) is 0 Å². The molecule has 0 unspecified atom stereocenters. The average Bonchev–Trinajstić information content (AvgIpc) is 2.85. The van der Waals surface area contributed by atoms with Crippen molar-refractivity contribution in [3.8, 4) is 0 Å². The molecule has 1 aliphatic rings. The molecule has 2 amide bonds. The van der Waals surface area contributed by atoms with Gasteiger partial charge in [0.05, 0.1) is 11.9 Å². The summed E-state index contributed by atoms with van der Waals surface area (Å²) in [4.78, 5) is 28.4. The summed E-state index contributed by atoms with van der Waals surface area (Å²) in [6, 6.07) is 16.1. The highest BCUT2D eigenvalue weighted by Crippen LogP contribution is 2.29.